The van der Waals surface area contributed by atoms with Gasteiger partial charge in [0, 0.05) is 0 Å². The van der Waals surface area contributed by atoms with Gasteiger partial charge in [0.2, 0.25) is 0 Å². The Hall–Kier alpha value is -0.760. The quantitative estimate of drug-likeness (QED) is 0.643. The van der Waals surface area contributed by atoms with Crippen LogP contribution in [-0.2, 0) is 0 Å². The van der Waals surface area contributed by atoms with Gasteiger partial charge < -0.3 is 5.41 Å². The molecule has 0 saturated carbocycles. The average molecular weight is 181 g/mol. The minimum atomic E-state index is 0. The minimum Gasteiger partial charge on any atom is -0.300 e. The summed E-state index contributed by atoms with van der Waals surface area (Å²) in [7, 11) is 0. The van der Waals surface area contributed by atoms with Crippen LogP contribution >= 0.6 is 13.5 Å². The van der Waals surface area contributed by atoms with Gasteiger partial charge in [-0.2, -0.15) is 13.5 Å². The van der Waals surface area contributed by atoms with E-state index < -0.39 is 0 Å². The van der Waals surface area contributed by atoms with Crippen LogP contribution in [0.15, 0.2) is 36.0 Å². The number of hydrogen-bond acceptors (Lipinski definition) is 1. The smallest absolute Gasteiger partial charge is 0.0609 e. The van der Waals surface area contributed by atoms with Crippen LogP contribution in [0.25, 0.3) is 0 Å². The zero-order chi connectivity index (χ0) is 8.43. The Morgan fingerprint density at radius 1 is 1.33 bits per heavy atom. The van der Waals surface area contributed by atoms with Gasteiger partial charge in [-0.3, -0.25) is 0 Å². The maximum Gasteiger partial charge on any atom is 0.0609 e. The van der Waals surface area contributed by atoms with E-state index in [0.717, 1.165) is 5.57 Å². The molecule has 0 radical (unpaired) electrons. The Morgan fingerprint density at radius 3 is 2.33 bits per heavy atom. The SMILES string of the molecule is C=C1C=CC(C(C)C)=CC1=N.S. The lowest BCUT2D eigenvalue weighted by Crippen LogP contribution is -2.03. The largest absolute Gasteiger partial charge is 0.300 e. The van der Waals surface area contributed by atoms with Gasteiger partial charge in [0.15, 0.2) is 0 Å². The molecule has 0 amide bonds. The molecule has 0 aromatic rings. The molecular formula is C10H15NS. The predicted molar refractivity (Wildman–Crippen MR) is 59.3 cm³/mol. The van der Waals surface area contributed by atoms with Crippen LogP contribution in [0.3, 0.4) is 0 Å². The molecule has 1 N–H and O–H groups in total. The van der Waals surface area contributed by atoms with Crippen molar-refractivity contribution in [1.29, 1.82) is 5.41 Å². The van der Waals surface area contributed by atoms with Crippen molar-refractivity contribution in [1.82, 2.24) is 0 Å². The van der Waals surface area contributed by atoms with Crippen molar-refractivity contribution < 1.29 is 0 Å². The third-order valence-corrected chi connectivity index (χ3v) is 1.80. The van der Waals surface area contributed by atoms with Crippen LogP contribution in [0.5, 0.6) is 0 Å². The van der Waals surface area contributed by atoms with Crippen molar-refractivity contribution in [3.05, 3.63) is 36.0 Å². The zero-order valence-electron chi connectivity index (χ0n) is 7.52. The second kappa shape index (κ2) is 4.31. The highest BCUT2D eigenvalue weighted by molar-refractivity contribution is 7.59. The van der Waals surface area contributed by atoms with E-state index in [0.29, 0.717) is 11.6 Å². The molecule has 0 bridgehead atoms. The van der Waals surface area contributed by atoms with Gasteiger partial charge in [0.25, 0.3) is 0 Å². The molecule has 1 nitrogen and oxygen atoms in total. The van der Waals surface area contributed by atoms with Crippen LogP contribution < -0.4 is 0 Å². The zero-order valence-corrected chi connectivity index (χ0v) is 8.52. The van der Waals surface area contributed by atoms with E-state index >= 15 is 0 Å². The first kappa shape index (κ1) is 11.2. The second-order valence-corrected chi connectivity index (χ2v) is 3.07. The van der Waals surface area contributed by atoms with Crippen molar-refractivity contribution >= 4 is 19.2 Å². The maximum atomic E-state index is 7.49. The fourth-order valence-corrected chi connectivity index (χ4v) is 0.953. The standard InChI is InChI=1S/C10H13N.H2S/c1-7(2)9-5-4-8(3)10(11)6-9;/h4-7,11H,3H2,1-2H3;1H2. The van der Waals surface area contributed by atoms with Crippen molar-refractivity contribution in [2.45, 2.75) is 13.8 Å². The van der Waals surface area contributed by atoms with E-state index in [9.17, 15) is 0 Å². The third-order valence-electron chi connectivity index (χ3n) is 1.80. The highest BCUT2D eigenvalue weighted by atomic mass is 32.1. The molecule has 1 aliphatic carbocycles. The van der Waals surface area contributed by atoms with Crippen molar-refractivity contribution in [2.24, 2.45) is 5.92 Å². The topological polar surface area (TPSA) is 23.9 Å². The fraction of sp³-hybridized carbons (Fsp3) is 0.300. The summed E-state index contributed by atoms with van der Waals surface area (Å²) in [5.74, 6) is 0.500. The van der Waals surface area contributed by atoms with E-state index in [1.807, 2.05) is 18.2 Å². The van der Waals surface area contributed by atoms with Crippen molar-refractivity contribution in [2.75, 3.05) is 0 Å². The van der Waals surface area contributed by atoms with Gasteiger partial charge in [0.1, 0.15) is 0 Å². The first-order chi connectivity index (χ1) is 5.11. The van der Waals surface area contributed by atoms with E-state index in [4.69, 9.17) is 5.41 Å². The monoisotopic (exact) mass is 181 g/mol. The molecule has 0 heterocycles. The lowest BCUT2D eigenvalue weighted by molar-refractivity contribution is 0.791. The Labute approximate surface area is 80.8 Å². The molecule has 1 aliphatic rings. The summed E-state index contributed by atoms with van der Waals surface area (Å²) in [6.45, 7) is 7.98. The lowest BCUT2D eigenvalue weighted by atomic mass is 9.94. The molecule has 0 atom stereocenters. The summed E-state index contributed by atoms with van der Waals surface area (Å²) in [5.41, 5.74) is 2.55. The summed E-state index contributed by atoms with van der Waals surface area (Å²) in [5, 5.41) is 7.49. The molecule has 1 rings (SSSR count). The van der Waals surface area contributed by atoms with E-state index in [1.165, 1.54) is 5.57 Å². The van der Waals surface area contributed by atoms with Crippen molar-refractivity contribution in [3.8, 4) is 0 Å². The molecule has 2 heteroatoms. The minimum absolute atomic E-state index is 0. The molecular weight excluding hydrogens is 166 g/mol. The van der Waals surface area contributed by atoms with E-state index in [1.54, 1.807) is 0 Å². The third kappa shape index (κ3) is 2.38. The van der Waals surface area contributed by atoms with Crippen LogP contribution in [0, 0.1) is 11.3 Å². The molecule has 66 valence electrons. The Morgan fingerprint density at radius 2 is 1.92 bits per heavy atom. The summed E-state index contributed by atoms with van der Waals surface area (Å²) in [6, 6.07) is 0. The molecule has 0 unspecified atom stereocenters. The van der Waals surface area contributed by atoms with Gasteiger partial charge in [-0.15, -0.1) is 0 Å². The molecule has 0 aliphatic heterocycles. The van der Waals surface area contributed by atoms with Crippen LogP contribution in [-0.4, -0.2) is 5.71 Å². The Kier molecular flexibility index (Phi) is 4.04. The van der Waals surface area contributed by atoms with Gasteiger partial charge in [-0.25, -0.2) is 0 Å². The molecule has 12 heavy (non-hydrogen) atoms. The molecule has 0 aromatic carbocycles. The van der Waals surface area contributed by atoms with Gasteiger partial charge in [0.05, 0.1) is 5.71 Å². The normalized spacial score (nSPS) is 16.1. The second-order valence-electron chi connectivity index (χ2n) is 3.07. The number of hydrogen-bond donors (Lipinski definition) is 1. The first-order valence-corrected chi connectivity index (χ1v) is 3.78. The Bertz CT molecular complexity index is 259. The summed E-state index contributed by atoms with van der Waals surface area (Å²) in [4.78, 5) is 0. The van der Waals surface area contributed by atoms with Crippen LogP contribution in [0.4, 0.5) is 0 Å². The highest BCUT2D eigenvalue weighted by Crippen LogP contribution is 2.17. The summed E-state index contributed by atoms with van der Waals surface area (Å²) < 4.78 is 0. The average Bonchev–Trinajstić information content (AvgIpc) is 1.94. The number of rotatable bonds is 1. The van der Waals surface area contributed by atoms with Gasteiger partial charge in [-0.05, 0) is 23.1 Å². The molecule has 0 spiro atoms. The van der Waals surface area contributed by atoms with Crippen LogP contribution in [0.1, 0.15) is 13.8 Å². The number of allylic oxidation sites excluding steroid dienone is 5. The fourth-order valence-electron chi connectivity index (χ4n) is 0.953. The van der Waals surface area contributed by atoms with E-state index in [-0.39, 0.29) is 13.5 Å². The maximum absolute atomic E-state index is 7.49. The number of nitrogens with one attached hydrogen (secondary N) is 1. The lowest BCUT2D eigenvalue weighted by Gasteiger charge is -2.11. The molecule has 0 saturated heterocycles. The van der Waals surface area contributed by atoms with E-state index in [2.05, 4.69) is 20.4 Å². The summed E-state index contributed by atoms with van der Waals surface area (Å²) >= 11 is 0. The molecule has 0 aromatic heterocycles. The highest BCUT2D eigenvalue weighted by Gasteiger charge is 2.06. The Balaban J connectivity index is 0.00000121. The first-order valence-electron chi connectivity index (χ1n) is 3.78. The molecule has 0 fully saturated rings. The van der Waals surface area contributed by atoms with Gasteiger partial charge in [-0.1, -0.05) is 32.6 Å². The van der Waals surface area contributed by atoms with Crippen molar-refractivity contribution in [3.63, 3.8) is 0 Å². The van der Waals surface area contributed by atoms with Crippen LogP contribution in [0.2, 0.25) is 0 Å². The van der Waals surface area contributed by atoms with Gasteiger partial charge >= 0.3 is 0 Å². The predicted octanol–water partition coefficient (Wildman–Crippen LogP) is 2.83. The summed E-state index contributed by atoms with van der Waals surface area (Å²) in [6.07, 6.45) is 5.82.